The van der Waals surface area contributed by atoms with Gasteiger partial charge in [0.05, 0.1) is 10.9 Å². The molecule has 1 aromatic carbocycles. The molecular weight excluding hydrogens is 366 g/mol. The molecule has 1 atom stereocenters. The van der Waals surface area contributed by atoms with Gasteiger partial charge in [-0.15, -0.1) is 0 Å². The van der Waals surface area contributed by atoms with Crippen molar-refractivity contribution in [1.82, 2.24) is 9.88 Å². The Labute approximate surface area is 158 Å². The van der Waals surface area contributed by atoms with Crippen LogP contribution in [0.2, 0.25) is 0 Å². The molecule has 1 amide bonds. The predicted molar refractivity (Wildman–Crippen MR) is 101 cm³/mol. The molecule has 7 nitrogen and oxygen atoms in total. The minimum atomic E-state index is -3.76. The standard InChI is InChI=1S/C19H23N3O4S/c1-11-17-15(5-4-6-16(17)23)21-18(11)19(24)22(3)12(2)13-7-9-14(10-8-13)27(20,25)26/h7-10,12,21H,4-6H2,1-3H3,(H2,20,25,26). The fraction of sp³-hybridized carbons (Fsp3) is 0.368. The molecule has 144 valence electrons. The van der Waals surface area contributed by atoms with Crippen molar-refractivity contribution in [3.63, 3.8) is 0 Å². The van der Waals surface area contributed by atoms with Gasteiger partial charge in [-0.3, -0.25) is 9.59 Å². The summed E-state index contributed by atoms with van der Waals surface area (Å²) >= 11 is 0. The van der Waals surface area contributed by atoms with E-state index in [1.165, 1.54) is 12.1 Å². The van der Waals surface area contributed by atoms with Gasteiger partial charge in [0.1, 0.15) is 5.69 Å². The summed E-state index contributed by atoms with van der Waals surface area (Å²) in [5.74, 6) is -0.129. The number of hydrogen-bond donors (Lipinski definition) is 2. The molecular formula is C19H23N3O4S. The number of nitrogens with one attached hydrogen (secondary N) is 1. The van der Waals surface area contributed by atoms with Gasteiger partial charge in [-0.1, -0.05) is 12.1 Å². The first-order valence-corrected chi connectivity index (χ1v) is 10.3. The lowest BCUT2D eigenvalue weighted by atomic mass is 9.93. The molecule has 1 aromatic heterocycles. The van der Waals surface area contributed by atoms with Gasteiger partial charge in [0, 0.05) is 24.7 Å². The summed E-state index contributed by atoms with van der Waals surface area (Å²) < 4.78 is 22.8. The molecule has 0 fully saturated rings. The van der Waals surface area contributed by atoms with Gasteiger partial charge >= 0.3 is 0 Å². The van der Waals surface area contributed by atoms with Gasteiger partial charge in [-0.05, 0) is 49.9 Å². The van der Waals surface area contributed by atoms with Crippen molar-refractivity contribution in [2.75, 3.05) is 7.05 Å². The van der Waals surface area contributed by atoms with Gasteiger partial charge < -0.3 is 9.88 Å². The molecule has 0 aliphatic heterocycles. The van der Waals surface area contributed by atoms with Crippen LogP contribution in [0.3, 0.4) is 0 Å². The van der Waals surface area contributed by atoms with Crippen molar-refractivity contribution in [1.29, 1.82) is 0 Å². The SMILES string of the molecule is Cc1c(C(=O)N(C)C(C)c2ccc(S(N)(=O)=O)cc2)[nH]c2c1C(=O)CCC2. The molecule has 2 aromatic rings. The van der Waals surface area contributed by atoms with Gasteiger partial charge in [-0.25, -0.2) is 13.6 Å². The van der Waals surface area contributed by atoms with Crippen LogP contribution < -0.4 is 5.14 Å². The number of primary sulfonamides is 1. The van der Waals surface area contributed by atoms with E-state index in [-0.39, 0.29) is 22.6 Å². The number of amides is 1. The maximum atomic E-state index is 13.0. The number of aromatic nitrogens is 1. The number of ketones is 1. The van der Waals surface area contributed by atoms with Crippen LogP contribution >= 0.6 is 0 Å². The number of benzene rings is 1. The topological polar surface area (TPSA) is 113 Å². The van der Waals surface area contributed by atoms with Crippen LogP contribution in [0, 0.1) is 6.92 Å². The number of rotatable bonds is 4. The van der Waals surface area contributed by atoms with E-state index in [1.54, 1.807) is 31.0 Å². The number of sulfonamides is 1. The summed E-state index contributed by atoms with van der Waals surface area (Å²) in [6, 6.07) is 5.85. The third-order valence-electron chi connectivity index (χ3n) is 5.24. The minimum absolute atomic E-state index is 0.0267. The summed E-state index contributed by atoms with van der Waals surface area (Å²) in [6.07, 6.45) is 2.08. The van der Waals surface area contributed by atoms with E-state index in [9.17, 15) is 18.0 Å². The second kappa shape index (κ2) is 6.94. The number of Topliss-reactive ketones (excluding diaryl/α,β-unsaturated/α-hetero) is 1. The third-order valence-corrected chi connectivity index (χ3v) is 6.17. The smallest absolute Gasteiger partial charge is 0.270 e. The van der Waals surface area contributed by atoms with Gasteiger partial charge in [0.15, 0.2) is 5.78 Å². The van der Waals surface area contributed by atoms with E-state index in [2.05, 4.69) is 4.98 Å². The van der Waals surface area contributed by atoms with Gasteiger partial charge in [-0.2, -0.15) is 0 Å². The Morgan fingerprint density at radius 1 is 1.22 bits per heavy atom. The van der Waals surface area contributed by atoms with E-state index >= 15 is 0 Å². The average Bonchev–Trinajstić information content (AvgIpc) is 2.97. The molecule has 0 bridgehead atoms. The molecule has 1 aliphatic rings. The predicted octanol–water partition coefficient (Wildman–Crippen LogP) is 2.32. The molecule has 3 rings (SSSR count). The summed E-state index contributed by atoms with van der Waals surface area (Å²) in [5.41, 5.74) is 3.41. The van der Waals surface area contributed by atoms with Gasteiger partial charge in [0.25, 0.3) is 5.91 Å². The number of hydrogen-bond acceptors (Lipinski definition) is 4. The highest BCUT2D eigenvalue weighted by atomic mass is 32.2. The quantitative estimate of drug-likeness (QED) is 0.835. The van der Waals surface area contributed by atoms with Crippen LogP contribution in [0.15, 0.2) is 29.2 Å². The molecule has 1 aliphatic carbocycles. The van der Waals surface area contributed by atoms with Crippen LogP contribution in [-0.2, 0) is 16.4 Å². The Bertz CT molecular complexity index is 1010. The van der Waals surface area contributed by atoms with Crippen molar-refractivity contribution in [2.45, 2.75) is 44.0 Å². The van der Waals surface area contributed by atoms with Crippen molar-refractivity contribution in [3.05, 3.63) is 52.3 Å². The second-order valence-electron chi connectivity index (χ2n) is 6.96. The summed E-state index contributed by atoms with van der Waals surface area (Å²) in [7, 11) is -2.07. The number of nitrogens with zero attached hydrogens (tertiary/aromatic N) is 1. The number of aryl methyl sites for hydroxylation is 1. The first-order chi connectivity index (χ1) is 12.6. The molecule has 8 heteroatoms. The van der Waals surface area contributed by atoms with Crippen LogP contribution in [0.5, 0.6) is 0 Å². The Hall–Kier alpha value is -2.45. The maximum Gasteiger partial charge on any atom is 0.270 e. The Morgan fingerprint density at radius 3 is 2.41 bits per heavy atom. The van der Waals surface area contributed by atoms with Crippen LogP contribution in [0.1, 0.15) is 63.5 Å². The normalized spacial score (nSPS) is 15.3. The second-order valence-corrected chi connectivity index (χ2v) is 8.52. The van der Waals surface area contributed by atoms with Crippen molar-refractivity contribution >= 4 is 21.7 Å². The Kier molecular flexibility index (Phi) is 4.96. The zero-order chi connectivity index (χ0) is 19.9. The summed E-state index contributed by atoms with van der Waals surface area (Å²) in [5, 5.41) is 5.12. The molecule has 0 saturated heterocycles. The Morgan fingerprint density at radius 2 is 1.85 bits per heavy atom. The lowest BCUT2D eigenvalue weighted by Crippen LogP contribution is -2.30. The highest BCUT2D eigenvalue weighted by molar-refractivity contribution is 7.89. The Balaban J connectivity index is 1.86. The van der Waals surface area contributed by atoms with E-state index in [0.717, 1.165) is 24.1 Å². The lowest BCUT2D eigenvalue weighted by Gasteiger charge is -2.25. The van der Waals surface area contributed by atoms with Crippen molar-refractivity contribution < 1.29 is 18.0 Å². The molecule has 27 heavy (non-hydrogen) atoms. The number of H-pyrrole nitrogens is 1. The third kappa shape index (κ3) is 3.54. The number of carbonyl (C=O) groups excluding carboxylic acids is 2. The van der Waals surface area contributed by atoms with Crippen molar-refractivity contribution in [2.24, 2.45) is 5.14 Å². The number of nitrogens with two attached hydrogens (primary N) is 1. The van der Waals surface area contributed by atoms with E-state index < -0.39 is 10.0 Å². The van der Waals surface area contributed by atoms with E-state index in [0.29, 0.717) is 23.2 Å². The summed E-state index contributed by atoms with van der Waals surface area (Å²) in [6.45, 7) is 3.65. The number of aromatic amines is 1. The zero-order valence-corrected chi connectivity index (χ0v) is 16.4. The first-order valence-electron chi connectivity index (χ1n) is 8.75. The van der Waals surface area contributed by atoms with Crippen LogP contribution in [-0.4, -0.2) is 37.0 Å². The highest BCUT2D eigenvalue weighted by Gasteiger charge is 2.29. The van der Waals surface area contributed by atoms with Crippen LogP contribution in [0.4, 0.5) is 0 Å². The lowest BCUT2D eigenvalue weighted by molar-refractivity contribution is 0.0736. The monoisotopic (exact) mass is 389 g/mol. The van der Waals surface area contributed by atoms with Crippen molar-refractivity contribution in [3.8, 4) is 0 Å². The molecule has 3 N–H and O–H groups in total. The zero-order valence-electron chi connectivity index (χ0n) is 15.6. The highest BCUT2D eigenvalue weighted by Crippen LogP contribution is 2.29. The minimum Gasteiger partial charge on any atom is -0.354 e. The fourth-order valence-corrected chi connectivity index (χ4v) is 4.02. The van der Waals surface area contributed by atoms with Gasteiger partial charge in [0.2, 0.25) is 10.0 Å². The molecule has 0 saturated carbocycles. The average molecular weight is 389 g/mol. The van der Waals surface area contributed by atoms with E-state index in [1.807, 2.05) is 6.92 Å². The molecule has 0 spiro atoms. The fourth-order valence-electron chi connectivity index (χ4n) is 3.50. The first kappa shape index (κ1) is 19.3. The largest absolute Gasteiger partial charge is 0.354 e. The van der Waals surface area contributed by atoms with Crippen LogP contribution in [0.25, 0.3) is 0 Å². The molecule has 1 heterocycles. The van der Waals surface area contributed by atoms with E-state index in [4.69, 9.17) is 5.14 Å². The molecule has 0 radical (unpaired) electrons. The number of fused-ring (bicyclic) bond motifs is 1. The molecule has 1 unspecified atom stereocenters. The number of carbonyl (C=O) groups is 2. The maximum absolute atomic E-state index is 13.0. The summed E-state index contributed by atoms with van der Waals surface area (Å²) in [4.78, 5) is 29.9.